The van der Waals surface area contributed by atoms with Crippen molar-refractivity contribution in [3.8, 4) is 5.75 Å². The van der Waals surface area contributed by atoms with Gasteiger partial charge in [-0.2, -0.15) is 0 Å². The van der Waals surface area contributed by atoms with Crippen molar-refractivity contribution in [3.63, 3.8) is 0 Å². The van der Waals surface area contributed by atoms with Crippen molar-refractivity contribution in [1.82, 2.24) is 10.2 Å². The highest BCUT2D eigenvalue weighted by molar-refractivity contribution is 7.19. The smallest absolute Gasteiger partial charge is 0.308 e. The van der Waals surface area contributed by atoms with Crippen LogP contribution in [0.4, 0.5) is 10.3 Å². The quantitative estimate of drug-likeness (QED) is 0.615. The Hall–Kier alpha value is -2.68. The molecule has 0 bridgehead atoms. The SMILES string of the molecule is COC(=O)[C@H]1CC[C@@H](Oc2ccc(C(=O)Nc3nnc(NC4CCCC4)s3)cc2)CC1. The molecule has 0 spiro atoms. The first-order valence-corrected chi connectivity index (χ1v) is 11.7. The Balaban J connectivity index is 1.26. The number of benzene rings is 1. The number of hydrogen-bond acceptors (Lipinski definition) is 8. The van der Waals surface area contributed by atoms with Gasteiger partial charge in [-0.1, -0.05) is 24.2 Å². The molecule has 1 amide bonds. The molecule has 9 heteroatoms. The number of aromatic nitrogens is 2. The number of carbonyl (C=O) groups is 2. The maximum atomic E-state index is 12.5. The summed E-state index contributed by atoms with van der Waals surface area (Å²) in [4.78, 5) is 24.2. The molecule has 4 rings (SSSR count). The molecule has 1 aromatic carbocycles. The van der Waals surface area contributed by atoms with Gasteiger partial charge in [0.2, 0.25) is 10.3 Å². The van der Waals surface area contributed by atoms with Crippen LogP contribution in [0, 0.1) is 5.92 Å². The van der Waals surface area contributed by atoms with Gasteiger partial charge in [-0.3, -0.25) is 14.9 Å². The summed E-state index contributed by atoms with van der Waals surface area (Å²) in [6.07, 6.45) is 8.06. The van der Waals surface area contributed by atoms with Crippen LogP contribution >= 0.6 is 11.3 Å². The van der Waals surface area contributed by atoms with Crippen molar-refractivity contribution in [2.45, 2.75) is 63.5 Å². The number of hydrogen-bond donors (Lipinski definition) is 2. The number of carbonyl (C=O) groups excluding carboxylic acids is 2. The number of nitrogens with one attached hydrogen (secondary N) is 2. The summed E-state index contributed by atoms with van der Waals surface area (Å²) in [7, 11) is 1.43. The fourth-order valence-electron chi connectivity index (χ4n) is 4.21. The van der Waals surface area contributed by atoms with Crippen molar-refractivity contribution in [1.29, 1.82) is 0 Å². The molecule has 2 fully saturated rings. The molecule has 2 aliphatic carbocycles. The number of nitrogens with zero attached hydrogens (tertiary/aromatic N) is 2. The lowest BCUT2D eigenvalue weighted by atomic mass is 9.87. The van der Waals surface area contributed by atoms with Gasteiger partial charge in [0.15, 0.2) is 0 Å². The minimum Gasteiger partial charge on any atom is -0.490 e. The van der Waals surface area contributed by atoms with E-state index in [1.807, 2.05) is 0 Å². The molecule has 0 radical (unpaired) electrons. The molecule has 0 unspecified atom stereocenters. The van der Waals surface area contributed by atoms with Crippen molar-refractivity contribution < 1.29 is 19.1 Å². The molecule has 0 saturated heterocycles. The minimum absolute atomic E-state index is 0.0230. The van der Waals surface area contributed by atoms with Gasteiger partial charge < -0.3 is 14.8 Å². The zero-order valence-electron chi connectivity index (χ0n) is 17.6. The maximum absolute atomic E-state index is 12.5. The Bertz CT molecular complexity index is 887. The Labute approximate surface area is 185 Å². The fourth-order valence-corrected chi connectivity index (χ4v) is 4.92. The highest BCUT2D eigenvalue weighted by Gasteiger charge is 2.27. The third-order valence-electron chi connectivity index (χ3n) is 5.96. The number of anilines is 2. The molecule has 0 atom stereocenters. The Kier molecular flexibility index (Phi) is 7.01. The van der Waals surface area contributed by atoms with Gasteiger partial charge in [-0.15, -0.1) is 10.2 Å². The predicted molar refractivity (Wildman–Crippen MR) is 119 cm³/mol. The highest BCUT2D eigenvalue weighted by atomic mass is 32.1. The molecule has 2 saturated carbocycles. The van der Waals surface area contributed by atoms with E-state index >= 15 is 0 Å². The van der Waals surface area contributed by atoms with E-state index in [1.54, 1.807) is 24.3 Å². The normalized spacial score (nSPS) is 21.5. The first-order chi connectivity index (χ1) is 15.1. The molecule has 166 valence electrons. The van der Waals surface area contributed by atoms with Gasteiger partial charge in [-0.05, 0) is 62.8 Å². The standard InChI is InChI=1S/C22H28N4O4S/c1-29-20(28)15-8-12-18(13-9-15)30-17-10-6-14(7-11-17)19(27)24-22-26-25-21(31-22)23-16-4-2-3-5-16/h6-7,10-11,15-16,18H,2-5,8-9,12-13H2,1H3,(H,23,25)(H,24,26,27)/t15-,18+. The van der Waals surface area contributed by atoms with Crippen LogP contribution in [-0.2, 0) is 9.53 Å². The molecular formula is C22H28N4O4S. The van der Waals surface area contributed by atoms with E-state index in [4.69, 9.17) is 9.47 Å². The summed E-state index contributed by atoms with van der Waals surface area (Å²) in [5.74, 6) is 0.335. The molecule has 2 aromatic rings. The van der Waals surface area contributed by atoms with Crippen LogP contribution in [0.3, 0.4) is 0 Å². The van der Waals surface area contributed by atoms with E-state index in [2.05, 4.69) is 20.8 Å². The number of ether oxygens (including phenoxy) is 2. The van der Waals surface area contributed by atoms with Crippen LogP contribution in [0.25, 0.3) is 0 Å². The maximum Gasteiger partial charge on any atom is 0.308 e. The number of rotatable bonds is 7. The Morgan fingerprint density at radius 3 is 2.32 bits per heavy atom. The van der Waals surface area contributed by atoms with Gasteiger partial charge in [0, 0.05) is 11.6 Å². The van der Waals surface area contributed by atoms with Crippen molar-refractivity contribution in [2.24, 2.45) is 5.92 Å². The molecule has 2 N–H and O–H groups in total. The van der Waals surface area contributed by atoms with Crippen LogP contribution in [0.5, 0.6) is 5.75 Å². The van der Waals surface area contributed by atoms with E-state index in [0.29, 0.717) is 16.7 Å². The van der Waals surface area contributed by atoms with E-state index in [9.17, 15) is 9.59 Å². The van der Waals surface area contributed by atoms with E-state index in [1.165, 1.54) is 31.3 Å². The summed E-state index contributed by atoms with van der Waals surface area (Å²) in [5.41, 5.74) is 0.530. The summed E-state index contributed by atoms with van der Waals surface area (Å²) in [6.45, 7) is 0. The zero-order valence-corrected chi connectivity index (χ0v) is 18.5. The second-order valence-electron chi connectivity index (χ2n) is 8.13. The van der Waals surface area contributed by atoms with Crippen LogP contribution in [0.2, 0.25) is 0 Å². The number of methoxy groups -OCH3 is 1. The first-order valence-electron chi connectivity index (χ1n) is 10.9. The third-order valence-corrected chi connectivity index (χ3v) is 6.73. The molecule has 8 nitrogen and oxygen atoms in total. The lowest BCUT2D eigenvalue weighted by Crippen LogP contribution is -2.28. The Morgan fingerprint density at radius 1 is 0.968 bits per heavy atom. The van der Waals surface area contributed by atoms with E-state index in [0.717, 1.165) is 49.4 Å². The molecule has 2 aliphatic rings. The van der Waals surface area contributed by atoms with Crippen LogP contribution < -0.4 is 15.4 Å². The van der Waals surface area contributed by atoms with Crippen molar-refractivity contribution >= 4 is 33.5 Å². The van der Waals surface area contributed by atoms with Gasteiger partial charge in [0.25, 0.3) is 5.91 Å². The largest absolute Gasteiger partial charge is 0.490 e. The van der Waals surface area contributed by atoms with Gasteiger partial charge in [-0.25, -0.2) is 0 Å². The van der Waals surface area contributed by atoms with Crippen LogP contribution in [0.1, 0.15) is 61.7 Å². The average molecular weight is 445 g/mol. The van der Waals surface area contributed by atoms with Gasteiger partial charge in [0.05, 0.1) is 19.1 Å². The Morgan fingerprint density at radius 2 is 1.65 bits per heavy atom. The van der Waals surface area contributed by atoms with Crippen molar-refractivity contribution in [2.75, 3.05) is 17.7 Å². The van der Waals surface area contributed by atoms with E-state index < -0.39 is 0 Å². The van der Waals surface area contributed by atoms with Crippen LogP contribution in [0.15, 0.2) is 24.3 Å². The van der Waals surface area contributed by atoms with Gasteiger partial charge in [0.1, 0.15) is 5.75 Å². The molecule has 0 aliphatic heterocycles. The number of esters is 1. The molecule has 31 heavy (non-hydrogen) atoms. The third kappa shape index (κ3) is 5.72. The summed E-state index contributed by atoms with van der Waals surface area (Å²) in [5, 5.41) is 15.6. The molecule has 1 aromatic heterocycles. The minimum atomic E-state index is -0.228. The average Bonchev–Trinajstić information content (AvgIpc) is 3.47. The number of amides is 1. The van der Waals surface area contributed by atoms with Crippen molar-refractivity contribution in [3.05, 3.63) is 29.8 Å². The monoisotopic (exact) mass is 444 g/mol. The first kappa shape index (κ1) is 21.5. The molecule has 1 heterocycles. The molecular weight excluding hydrogens is 416 g/mol. The summed E-state index contributed by atoms with van der Waals surface area (Å²) >= 11 is 1.35. The highest BCUT2D eigenvalue weighted by Crippen LogP contribution is 2.29. The van der Waals surface area contributed by atoms with E-state index in [-0.39, 0.29) is 23.9 Å². The second kappa shape index (κ2) is 10.1. The lowest BCUT2D eigenvalue weighted by Gasteiger charge is -2.27. The van der Waals surface area contributed by atoms with Gasteiger partial charge >= 0.3 is 5.97 Å². The summed E-state index contributed by atoms with van der Waals surface area (Å²) < 4.78 is 10.8. The summed E-state index contributed by atoms with van der Waals surface area (Å²) in [6, 6.07) is 7.54. The second-order valence-corrected chi connectivity index (χ2v) is 9.11. The lowest BCUT2D eigenvalue weighted by molar-refractivity contribution is -0.147. The fraction of sp³-hybridized carbons (Fsp3) is 0.545. The topological polar surface area (TPSA) is 102 Å². The zero-order chi connectivity index (χ0) is 21.6. The predicted octanol–water partition coefficient (Wildman–Crippen LogP) is 4.26. The van der Waals surface area contributed by atoms with Crippen LogP contribution in [-0.4, -0.2) is 41.3 Å².